The minimum absolute atomic E-state index is 0.0321. The molecule has 2 aromatic carbocycles. The van der Waals surface area contributed by atoms with Gasteiger partial charge in [-0.05, 0) is 63.9 Å². The summed E-state index contributed by atoms with van der Waals surface area (Å²) in [6, 6.07) is 16.6. The second-order valence-corrected chi connectivity index (χ2v) is 9.77. The summed E-state index contributed by atoms with van der Waals surface area (Å²) in [6.07, 6.45) is 1.99. The zero-order valence-corrected chi connectivity index (χ0v) is 21.8. The van der Waals surface area contributed by atoms with Crippen LogP contribution in [-0.2, 0) is 0 Å². The maximum Gasteiger partial charge on any atom is 0.254 e. The molecule has 3 rings (SSSR count). The van der Waals surface area contributed by atoms with Crippen LogP contribution in [0.4, 0.5) is 0 Å². The average molecular weight is 464 g/mol. The summed E-state index contributed by atoms with van der Waals surface area (Å²) in [5.74, 6) is 0.915. The first-order chi connectivity index (χ1) is 16.3. The molecule has 5 nitrogen and oxygen atoms in total. The van der Waals surface area contributed by atoms with Gasteiger partial charge in [-0.15, -0.1) is 6.58 Å². The summed E-state index contributed by atoms with van der Waals surface area (Å²) in [7, 11) is 1.70. The number of hydrogen-bond acceptors (Lipinski definition) is 4. The molecule has 1 amide bonds. The summed E-state index contributed by atoms with van der Waals surface area (Å²) < 4.78 is 5.58. The largest absolute Gasteiger partial charge is 0.497 e. The third-order valence-corrected chi connectivity index (χ3v) is 7.10. The Morgan fingerprint density at radius 3 is 2.56 bits per heavy atom. The van der Waals surface area contributed by atoms with E-state index >= 15 is 0 Å². The van der Waals surface area contributed by atoms with Crippen LogP contribution < -0.4 is 4.74 Å². The van der Waals surface area contributed by atoms with Gasteiger partial charge in [0.2, 0.25) is 0 Å². The second-order valence-electron chi connectivity index (χ2n) is 9.77. The Kier molecular flexibility index (Phi) is 8.56. The van der Waals surface area contributed by atoms with Gasteiger partial charge in [0.1, 0.15) is 5.75 Å². The number of piperazine rings is 1. The van der Waals surface area contributed by atoms with Crippen LogP contribution in [0, 0.1) is 0 Å². The fourth-order valence-electron chi connectivity index (χ4n) is 5.17. The first kappa shape index (κ1) is 26.0. The summed E-state index contributed by atoms with van der Waals surface area (Å²) in [5, 5.41) is 0. The van der Waals surface area contributed by atoms with Gasteiger partial charge in [-0.2, -0.15) is 0 Å². The van der Waals surface area contributed by atoms with Crippen molar-refractivity contribution in [2.75, 3.05) is 39.8 Å². The van der Waals surface area contributed by atoms with Crippen LogP contribution in [0.3, 0.4) is 0 Å². The molecule has 0 radical (unpaired) electrons. The molecule has 0 aromatic heterocycles. The molecule has 1 saturated heterocycles. The molecule has 1 fully saturated rings. The molecular formula is C29H41N3O2. The summed E-state index contributed by atoms with van der Waals surface area (Å²) >= 11 is 0. The third kappa shape index (κ3) is 5.37. The molecule has 0 N–H and O–H groups in total. The van der Waals surface area contributed by atoms with Gasteiger partial charge in [-0.3, -0.25) is 14.6 Å². The lowest BCUT2D eigenvalue weighted by Crippen LogP contribution is -2.63. The highest BCUT2D eigenvalue weighted by molar-refractivity contribution is 5.96. The summed E-state index contributed by atoms with van der Waals surface area (Å²) in [5.41, 5.74) is 2.93. The summed E-state index contributed by atoms with van der Waals surface area (Å²) in [4.78, 5) is 20.5. The topological polar surface area (TPSA) is 36.0 Å². The van der Waals surface area contributed by atoms with Crippen molar-refractivity contribution in [3.8, 4) is 5.75 Å². The van der Waals surface area contributed by atoms with E-state index in [1.54, 1.807) is 7.11 Å². The minimum Gasteiger partial charge on any atom is -0.497 e. The predicted molar refractivity (Wildman–Crippen MR) is 141 cm³/mol. The van der Waals surface area contributed by atoms with E-state index in [9.17, 15) is 4.79 Å². The maximum absolute atomic E-state index is 13.6. The smallest absolute Gasteiger partial charge is 0.254 e. The van der Waals surface area contributed by atoms with Gasteiger partial charge in [-0.25, -0.2) is 0 Å². The lowest BCUT2D eigenvalue weighted by Gasteiger charge is -2.52. The van der Waals surface area contributed by atoms with Crippen LogP contribution in [0.5, 0.6) is 5.75 Å². The number of ether oxygens (including phenoxy) is 1. The van der Waals surface area contributed by atoms with E-state index in [0.29, 0.717) is 19.1 Å². The first-order valence-corrected chi connectivity index (χ1v) is 12.4. The number of amides is 1. The lowest BCUT2D eigenvalue weighted by molar-refractivity contribution is -0.0197. The Hall–Kier alpha value is -2.63. The Morgan fingerprint density at radius 1 is 1.21 bits per heavy atom. The number of benzene rings is 2. The highest BCUT2D eigenvalue weighted by atomic mass is 16.5. The number of nitrogens with zero attached hydrogens (tertiary/aromatic N) is 3. The van der Waals surface area contributed by atoms with Gasteiger partial charge in [0.05, 0.1) is 13.2 Å². The molecule has 2 atom stereocenters. The zero-order chi connectivity index (χ0) is 24.9. The van der Waals surface area contributed by atoms with Crippen LogP contribution in [-0.4, -0.2) is 72.0 Å². The Labute approximate surface area is 206 Å². The van der Waals surface area contributed by atoms with Crippen LogP contribution in [0.25, 0.3) is 0 Å². The van der Waals surface area contributed by atoms with Gasteiger partial charge < -0.3 is 9.64 Å². The highest BCUT2D eigenvalue weighted by Crippen LogP contribution is 2.38. The molecular weight excluding hydrogens is 422 g/mol. The van der Waals surface area contributed by atoms with Gasteiger partial charge >= 0.3 is 0 Å². The van der Waals surface area contributed by atoms with Gasteiger partial charge in [0, 0.05) is 49.9 Å². The Bertz CT molecular complexity index is 983. The van der Waals surface area contributed by atoms with Crippen LogP contribution >= 0.6 is 0 Å². The van der Waals surface area contributed by atoms with E-state index in [4.69, 9.17) is 4.74 Å². The van der Waals surface area contributed by atoms with E-state index in [0.717, 1.165) is 42.1 Å². The van der Waals surface area contributed by atoms with E-state index in [2.05, 4.69) is 55.3 Å². The van der Waals surface area contributed by atoms with Crippen LogP contribution in [0.15, 0.2) is 61.2 Å². The van der Waals surface area contributed by atoms with Crippen molar-refractivity contribution >= 4 is 5.91 Å². The average Bonchev–Trinajstić information content (AvgIpc) is 2.83. The van der Waals surface area contributed by atoms with Gasteiger partial charge in [0.25, 0.3) is 5.91 Å². The van der Waals surface area contributed by atoms with E-state index in [-0.39, 0.29) is 17.5 Å². The van der Waals surface area contributed by atoms with Crippen molar-refractivity contribution < 1.29 is 9.53 Å². The predicted octanol–water partition coefficient (Wildman–Crippen LogP) is 5.24. The Balaban J connectivity index is 2.16. The highest BCUT2D eigenvalue weighted by Gasteiger charge is 2.41. The molecule has 1 aliphatic heterocycles. The number of carbonyl (C=O) groups is 1. The second kappa shape index (κ2) is 11.2. The van der Waals surface area contributed by atoms with E-state index < -0.39 is 0 Å². The minimum atomic E-state index is -0.0639. The van der Waals surface area contributed by atoms with Crippen molar-refractivity contribution in [3.63, 3.8) is 0 Å². The SMILES string of the molecule is C=CCN1CC(C)N(C(c2cccc(OC)c2)c2ccccc2C(=O)N(CC)CC)CC1(C)C. The lowest BCUT2D eigenvalue weighted by atomic mass is 9.87. The van der Waals surface area contributed by atoms with Crippen LogP contribution in [0.2, 0.25) is 0 Å². The van der Waals surface area contributed by atoms with E-state index in [1.807, 2.05) is 55.2 Å². The molecule has 0 spiro atoms. The molecule has 0 bridgehead atoms. The quantitative estimate of drug-likeness (QED) is 0.477. The number of rotatable bonds is 9. The molecule has 0 saturated carbocycles. The fourth-order valence-corrected chi connectivity index (χ4v) is 5.17. The van der Waals surface area contributed by atoms with Crippen LogP contribution in [0.1, 0.15) is 62.1 Å². The molecule has 1 aliphatic rings. The molecule has 2 aromatic rings. The van der Waals surface area contributed by atoms with E-state index in [1.165, 1.54) is 0 Å². The number of hydrogen-bond donors (Lipinski definition) is 0. The Morgan fingerprint density at radius 2 is 1.91 bits per heavy atom. The van der Waals surface area contributed by atoms with Crippen molar-refractivity contribution in [1.29, 1.82) is 0 Å². The molecule has 1 heterocycles. The molecule has 0 aliphatic carbocycles. The monoisotopic (exact) mass is 463 g/mol. The van der Waals surface area contributed by atoms with Crippen molar-refractivity contribution in [3.05, 3.63) is 77.9 Å². The molecule has 2 unspecified atom stereocenters. The number of carbonyl (C=O) groups excluding carboxylic acids is 1. The molecule has 184 valence electrons. The first-order valence-electron chi connectivity index (χ1n) is 12.4. The van der Waals surface area contributed by atoms with Gasteiger partial charge in [0.15, 0.2) is 0 Å². The van der Waals surface area contributed by atoms with Gasteiger partial charge in [-0.1, -0.05) is 36.4 Å². The fraction of sp³-hybridized carbons (Fsp3) is 0.483. The number of methoxy groups -OCH3 is 1. The normalized spacial score (nSPS) is 19.4. The zero-order valence-electron chi connectivity index (χ0n) is 21.8. The van der Waals surface area contributed by atoms with Crippen molar-refractivity contribution in [2.24, 2.45) is 0 Å². The molecule has 34 heavy (non-hydrogen) atoms. The third-order valence-electron chi connectivity index (χ3n) is 7.10. The van der Waals surface area contributed by atoms with Crippen molar-refractivity contribution in [2.45, 2.75) is 52.2 Å². The molecule has 5 heteroatoms. The standard InChI is InChI=1S/C29H41N3O2/c1-8-18-31-20-22(4)32(21-29(31,5)6)27(23-14-13-15-24(19-23)34-7)25-16-11-12-17-26(25)28(33)30(9-2)10-3/h8,11-17,19,22,27H,1,9-10,18,20-21H2,2-7H3. The van der Waals surface area contributed by atoms with Crippen molar-refractivity contribution in [1.82, 2.24) is 14.7 Å². The summed E-state index contributed by atoms with van der Waals surface area (Å²) in [6.45, 7) is 19.0. The maximum atomic E-state index is 13.6.